The molecule has 0 aliphatic carbocycles. The Morgan fingerprint density at radius 3 is 3.00 bits per heavy atom. The molecule has 0 unspecified atom stereocenters. The van der Waals surface area contributed by atoms with E-state index >= 15 is 0 Å². The van der Waals surface area contributed by atoms with Gasteiger partial charge in [0, 0.05) is 6.61 Å². The first-order chi connectivity index (χ1) is 5.74. The molecule has 2 nitrogen and oxygen atoms in total. The zero-order valence-electron chi connectivity index (χ0n) is 6.92. The molecule has 62 valence electrons. The van der Waals surface area contributed by atoms with Gasteiger partial charge in [-0.05, 0) is 31.0 Å². The van der Waals surface area contributed by atoms with Gasteiger partial charge in [0.25, 0.3) is 0 Å². The van der Waals surface area contributed by atoms with E-state index in [1.54, 1.807) is 12.1 Å². The van der Waals surface area contributed by atoms with Gasteiger partial charge in [-0.25, -0.2) is 0 Å². The molecule has 0 saturated heterocycles. The quantitative estimate of drug-likeness (QED) is 0.674. The number of carbonyl (C=O) groups is 1. The molecule has 0 atom stereocenters. The summed E-state index contributed by atoms with van der Waals surface area (Å²) in [6.45, 7) is 1.58. The molecule has 0 aliphatic rings. The van der Waals surface area contributed by atoms with Crippen LogP contribution in [0.15, 0.2) is 12.1 Å². The third-order valence-corrected chi connectivity index (χ3v) is 1.57. The number of rotatable bonds is 3. The van der Waals surface area contributed by atoms with Crippen LogP contribution in [0.3, 0.4) is 0 Å². The molecule has 0 spiro atoms. The van der Waals surface area contributed by atoms with Crippen LogP contribution in [0.1, 0.15) is 22.8 Å². The summed E-state index contributed by atoms with van der Waals surface area (Å²) in [5, 5.41) is 8.64. The van der Waals surface area contributed by atoms with Crippen LogP contribution in [-0.2, 0) is 6.42 Å². The highest BCUT2D eigenvalue weighted by Crippen LogP contribution is 2.02. The Hall–Kier alpha value is -1.33. The summed E-state index contributed by atoms with van der Waals surface area (Å²) in [6.07, 6.45) is 0.561. The Morgan fingerprint density at radius 1 is 1.67 bits per heavy atom. The molecular formula is C10H10O2. The van der Waals surface area contributed by atoms with Gasteiger partial charge in [-0.3, -0.25) is 4.79 Å². The molecule has 0 aromatic heterocycles. The second kappa shape index (κ2) is 3.89. The maximum absolute atomic E-state index is 10.9. The number of carbonyl (C=O) groups excluding carboxylic acids is 1. The van der Waals surface area contributed by atoms with Gasteiger partial charge in [-0.2, -0.15) is 0 Å². The van der Waals surface area contributed by atoms with Gasteiger partial charge < -0.3 is 5.11 Å². The first-order valence-corrected chi connectivity index (χ1v) is 3.78. The van der Waals surface area contributed by atoms with Crippen LogP contribution in [0.2, 0.25) is 0 Å². The van der Waals surface area contributed by atoms with Crippen LogP contribution >= 0.6 is 0 Å². The lowest BCUT2D eigenvalue weighted by molar-refractivity contribution is 0.101. The topological polar surface area (TPSA) is 37.3 Å². The minimum Gasteiger partial charge on any atom is -0.396 e. The summed E-state index contributed by atoms with van der Waals surface area (Å²) >= 11 is 0. The lowest BCUT2D eigenvalue weighted by atomic mass is 10.1. The highest BCUT2D eigenvalue weighted by molar-refractivity contribution is 5.93. The lowest BCUT2D eigenvalue weighted by Gasteiger charge is -1.96. The molecule has 1 N–H and O–H groups in total. The molecular weight excluding hydrogens is 152 g/mol. The fourth-order valence-electron chi connectivity index (χ4n) is 0.933. The number of hydrogen-bond acceptors (Lipinski definition) is 2. The van der Waals surface area contributed by atoms with Gasteiger partial charge in [0.1, 0.15) is 0 Å². The predicted octanol–water partition coefficient (Wildman–Crippen LogP) is 1.02. The minimum absolute atomic E-state index is 0.0222. The molecule has 0 amide bonds. The van der Waals surface area contributed by atoms with Crippen LogP contribution in [0.25, 0.3) is 0 Å². The minimum atomic E-state index is -0.0222. The maximum Gasteiger partial charge on any atom is 0.168 e. The summed E-state index contributed by atoms with van der Waals surface area (Å²) in [7, 11) is 0. The van der Waals surface area contributed by atoms with Crippen LogP contribution in [-0.4, -0.2) is 17.5 Å². The number of Topliss-reactive ketones (excluding diaryl/α,β-unsaturated/α-hetero) is 1. The molecule has 1 aromatic carbocycles. The van der Waals surface area contributed by atoms with E-state index < -0.39 is 0 Å². The van der Waals surface area contributed by atoms with E-state index in [0.29, 0.717) is 12.0 Å². The van der Waals surface area contributed by atoms with Crippen molar-refractivity contribution in [2.45, 2.75) is 13.3 Å². The van der Waals surface area contributed by atoms with Crippen molar-refractivity contribution in [3.8, 4) is 0 Å². The third-order valence-electron chi connectivity index (χ3n) is 1.57. The molecule has 0 aliphatic heterocycles. The van der Waals surface area contributed by atoms with E-state index in [4.69, 9.17) is 5.11 Å². The lowest BCUT2D eigenvalue weighted by Crippen LogP contribution is -1.94. The second-order valence-corrected chi connectivity index (χ2v) is 2.58. The molecule has 0 saturated carbocycles. The van der Waals surface area contributed by atoms with E-state index in [1.165, 1.54) is 6.92 Å². The zero-order chi connectivity index (χ0) is 8.97. The van der Waals surface area contributed by atoms with Gasteiger partial charge in [0.05, 0.1) is 5.56 Å². The predicted molar refractivity (Wildman–Crippen MR) is 44.9 cm³/mol. The standard InChI is InChI=1S/C10H10O2/c1-8(12)10-4-2-3-9(7-10)5-6-11/h3,7,11H,5-6H2,1H3. The van der Waals surface area contributed by atoms with E-state index in [-0.39, 0.29) is 12.4 Å². The van der Waals surface area contributed by atoms with E-state index in [2.05, 4.69) is 12.1 Å². The van der Waals surface area contributed by atoms with Crippen LogP contribution < -0.4 is 0 Å². The van der Waals surface area contributed by atoms with Gasteiger partial charge in [0.15, 0.2) is 5.78 Å². The van der Waals surface area contributed by atoms with Crippen LogP contribution in [0, 0.1) is 12.1 Å². The Kier molecular flexibility index (Phi) is 2.84. The first-order valence-electron chi connectivity index (χ1n) is 3.78. The number of hydrogen-bond donors (Lipinski definition) is 1. The molecule has 2 heteroatoms. The second-order valence-electron chi connectivity index (χ2n) is 2.58. The van der Waals surface area contributed by atoms with Crippen LogP contribution in [0.5, 0.6) is 0 Å². The average molecular weight is 162 g/mol. The van der Waals surface area contributed by atoms with Crippen molar-refractivity contribution >= 4 is 5.78 Å². The van der Waals surface area contributed by atoms with Crippen molar-refractivity contribution in [1.29, 1.82) is 0 Å². The first kappa shape index (κ1) is 8.76. The van der Waals surface area contributed by atoms with Gasteiger partial charge in [-0.15, -0.1) is 0 Å². The fourth-order valence-corrected chi connectivity index (χ4v) is 0.933. The zero-order valence-corrected chi connectivity index (χ0v) is 6.92. The number of aliphatic hydroxyl groups excluding tert-OH is 1. The van der Waals surface area contributed by atoms with Crippen molar-refractivity contribution in [3.63, 3.8) is 0 Å². The van der Waals surface area contributed by atoms with Gasteiger partial charge in [-0.1, -0.05) is 12.1 Å². The molecule has 0 fully saturated rings. The summed E-state index contributed by atoms with van der Waals surface area (Å²) in [5.41, 5.74) is 1.45. The van der Waals surface area contributed by atoms with Crippen molar-refractivity contribution in [3.05, 3.63) is 35.4 Å². The average Bonchev–Trinajstić information content (AvgIpc) is 2.05. The summed E-state index contributed by atoms with van der Waals surface area (Å²) in [6, 6.07) is 8.91. The molecule has 0 bridgehead atoms. The fraction of sp³-hybridized carbons (Fsp3) is 0.300. The third kappa shape index (κ3) is 2.08. The summed E-state index contributed by atoms with van der Waals surface area (Å²) in [5.74, 6) is -0.0222. The molecule has 1 rings (SSSR count). The highest BCUT2D eigenvalue weighted by atomic mass is 16.2. The maximum atomic E-state index is 10.9. The largest absolute Gasteiger partial charge is 0.396 e. The van der Waals surface area contributed by atoms with E-state index in [9.17, 15) is 4.79 Å². The van der Waals surface area contributed by atoms with Crippen molar-refractivity contribution in [1.82, 2.24) is 0 Å². The number of aliphatic hydroxyl groups is 1. The van der Waals surface area contributed by atoms with E-state index in [0.717, 1.165) is 5.56 Å². The van der Waals surface area contributed by atoms with Gasteiger partial charge >= 0.3 is 0 Å². The van der Waals surface area contributed by atoms with Gasteiger partial charge in [0.2, 0.25) is 0 Å². The highest BCUT2D eigenvalue weighted by Gasteiger charge is 1.98. The smallest absolute Gasteiger partial charge is 0.168 e. The normalized spacial score (nSPS) is 9.17. The molecule has 12 heavy (non-hydrogen) atoms. The van der Waals surface area contributed by atoms with Crippen molar-refractivity contribution in [2.24, 2.45) is 0 Å². The summed E-state index contributed by atoms with van der Waals surface area (Å²) in [4.78, 5) is 10.9. The monoisotopic (exact) mass is 162 g/mol. The Morgan fingerprint density at radius 2 is 2.42 bits per heavy atom. The van der Waals surface area contributed by atoms with Crippen molar-refractivity contribution in [2.75, 3.05) is 6.61 Å². The van der Waals surface area contributed by atoms with Crippen molar-refractivity contribution < 1.29 is 9.90 Å². The van der Waals surface area contributed by atoms with Crippen LogP contribution in [0.4, 0.5) is 0 Å². The number of ketones is 1. The Bertz CT molecular complexity index is 279. The SMILES string of the molecule is CC(=O)c1c#ccc(CCO)c1. The Balaban J connectivity index is 2.88. The Labute approximate surface area is 71.8 Å². The molecule has 1 aromatic rings. The molecule has 0 heterocycles. The molecule has 0 radical (unpaired) electrons. The van der Waals surface area contributed by atoms with E-state index in [1.807, 2.05) is 0 Å². The summed E-state index contributed by atoms with van der Waals surface area (Å²) < 4.78 is 0.